The molecule has 2 amide bonds. The van der Waals surface area contributed by atoms with Gasteiger partial charge in [-0.15, -0.1) is 0 Å². The van der Waals surface area contributed by atoms with E-state index in [1.54, 1.807) is 6.92 Å². The smallest absolute Gasteiger partial charge is 0.263 e. The van der Waals surface area contributed by atoms with Gasteiger partial charge in [-0.25, -0.2) is 0 Å². The molecule has 3 rings (SSSR count). The van der Waals surface area contributed by atoms with Gasteiger partial charge in [0.1, 0.15) is 5.75 Å². The molecule has 1 fully saturated rings. The molecule has 2 aromatic carbocycles. The topological polar surface area (TPSA) is 49.9 Å². The highest BCUT2D eigenvalue weighted by molar-refractivity contribution is 5.95. The van der Waals surface area contributed by atoms with E-state index in [2.05, 4.69) is 13.8 Å². The summed E-state index contributed by atoms with van der Waals surface area (Å²) in [4.78, 5) is 29.5. The van der Waals surface area contributed by atoms with E-state index >= 15 is 0 Å². The highest BCUT2D eigenvalue weighted by atomic mass is 16.5. The van der Waals surface area contributed by atoms with Crippen LogP contribution in [-0.4, -0.2) is 53.9 Å². The summed E-state index contributed by atoms with van der Waals surface area (Å²) in [6.07, 6.45) is 0.202. The Hall–Kier alpha value is -2.82. The molecule has 160 valence electrons. The SMILES string of the molecule is Cc1ccccc1C(=O)N1CCCN(C(=O)C(C)Oc2ccc(C(C)C)cc2)CC1. The lowest BCUT2D eigenvalue weighted by molar-refractivity contribution is -0.137. The summed E-state index contributed by atoms with van der Waals surface area (Å²) in [5.41, 5.74) is 2.95. The van der Waals surface area contributed by atoms with E-state index in [0.717, 1.165) is 17.5 Å². The van der Waals surface area contributed by atoms with Crippen molar-refractivity contribution in [2.45, 2.75) is 46.1 Å². The Bertz CT molecular complexity index is 876. The van der Waals surface area contributed by atoms with Crippen LogP contribution in [0.2, 0.25) is 0 Å². The molecule has 1 heterocycles. The van der Waals surface area contributed by atoms with Crippen molar-refractivity contribution in [1.29, 1.82) is 0 Å². The molecular weight excluding hydrogens is 376 g/mol. The Kier molecular flexibility index (Phi) is 7.14. The Morgan fingerprint density at radius 1 is 0.867 bits per heavy atom. The van der Waals surface area contributed by atoms with Crippen LogP contribution in [0.4, 0.5) is 0 Å². The molecule has 0 aliphatic carbocycles. The van der Waals surface area contributed by atoms with Crippen molar-refractivity contribution < 1.29 is 14.3 Å². The van der Waals surface area contributed by atoms with Crippen LogP contribution in [0.1, 0.15) is 54.6 Å². The van der Waals surface area contributed by atoms with Gasteiger partial charge in [0.05, 0.1) is 0 Å². The number of hydrogen-bond acceptors (Lipinski definition) is 3. The molecule has 1 aliphatic heterocycles. The average molecular weight is 409 g/mol. The summed E-state index contributed by atoms with van der Waals surface area (Å²) in [6.45, 7) is 10.4. The molecule has 1 saturated heterocycles. The summed E-state index contributed by atoms with van der Waals surface area (Å²) in [5.74, 6) is 1.16. The first-order valence-corrected chi connectivity index (χ1v) is 10.8. The molecule has 0 spiro atoms. The van der Waals surface area contributed by atoms with Crippen molar-refractivity contribution in [2.75, 3.05) is 26.2 Å². The number of aryl methyl sites for hydroxylation is 1. The third kappa shape index (κ3) is 5.21. The van der Waals surface area contributed by atoms with Gasteiger partial charge in [-0.05, 0) is 55.5 Å². The van der Waals surface area contributed by atoms with Gasteiger partial charge in [0.25, 0.3) is 11.8 Å². The third-order valence-corrected chi connectivity index (χ3v) is 5.68. The highest BCUT2D eigenvalue weighted by Gasteiger charge is 2.27. The predicted molar refractivity (Wildman–Crippen MR) is 119 cm³/mol. The second-order valence-corrected chi connectivity index (χ2v) is 8.27. The number of amides is 2. The van der Waals surface area contributed by atoms with Gasteiger partial charge in [0, 0.05) is 31.7 Å². The van der Waals surface area contributed by atoms with Crippen LogP contribution in [0, 0.1) is 6.92 Å². The number of carbonyl (C=O) groups excluding carboxylic acids is 2. The Balaban J connectivity index is 1.58. The highest BCUT2D eigenvalue weighted by Crippen LogP contribution is 2.20. The maximum absolute atomic E-state index is 12.9. The second kappa shape index (κ2) is 9.79. The number of rotatable bonds is 5. The van der Waals surface area contributed by atoms with E-state index in [1.165, 1.54) is 5.56 Å². The summed E-state index contributed by atoms with van der Waals surface area (Å²) in [6, 6.07) is 15.6. The van der Waals surface area contributed by atoms with Crippen LogP contribution >= 0.6 is 0 Å². The monoisotopic (exact) mass is 408 g/mol. The van der Waals surface area contributed by atoms with Gasteiger partial charge in [-0.3, -0.25) is 9.59 Å². The normalized spacial score (nSPS) is 15.6. The molecule has 0 aromatic heterocycles. The minimum atomic E-state index is -0.562. The van der Waals surface area contributed by atoms with Crippen LogP contribution in [0.25, 0.3) is 0 Å². The molecule has 0 radical (unpaired) electrons. The fourth-order valence-corrected chi connectivity index (χ4v) is 3.77. The first-order chi connectivity index (χ1) is 14.4. The number of benzene rings is 2. The Morgan fingerprint density at radius 2 is 1.50 bits per heavy atom. The van der Waals surface area contributed by atoms with Crippen molar-refractivity contribution in [3.63, 3.8) is 0 Å². The zero-order chi connectivity index (χ0) is 21.7. The average Bonchev–Trinajstić information content (AvgIpc) is 2.99. The molecule has 30 heavy (non-hydrogen) atoms. The van der Waals surface area contributed by atoms with E-state index in [4.69, 9.17) is 4.74 Å². The van der Waals surface area contributed by atoms with Crippen molar-refractivity contribution in [3.05, 3.63) is 65.2 Å². The number of carbonyl (C=O) groups is 2. The lowest BCUT2D eigenvalue weighted by Crippen LogP contribution is -2.43. The molecule has 1 unspecified atom stereocenters. The number of nitrogens with zero attached hydrogens (tertiary/aromatic N) is 2. The first kappa shape index (κ1) is 21.9. The van der Waals surface area contributed by atoms with Crippen LogP contribution in [0.5, 0.6) is 5.75 Å². The Morgan fingerprint density at radius 3 is 2.17 bits per heavy atom. The first-order valence-electron chi connectivity index (χ1n) is 10.8. The molecule has 1 atom stereocenters. The molecule has 0 saturated carbocycles. The fourth-order valence-electron chi connectivity index (χ4n) is 3.77. The van der Waals surface area contributed by atoms with Crippen LogP contribution in [0.15, 0.2) is 48.5 Å². The van der Waals surface area contributed by atoms with E-state index in [0.29, 0.717) is 37.8 Å². The van der Waals surface area contributed by atoms with Gasteiger partial charge in [-0.1, -0.05) is 44.2 Å². The van der Waals surface area contributed by atoms with Crippen molar-refractivity contribution in [1.82, 2.24) is 9.80 Å². The van der Waals surface area contributed by atoms with Crippen molar-refractivity contribution in [2.24, 2.45) is 0 Å². The molecule has 1 aliphatic rings. The summed E-state index contributed by atoms with van der Waals surface area (Å²) in [7, 11) is 0. The summed E-state index contributed by atoms with van der Waals surface area (Å²) in [5, 5.41) is 0. The zero-order valence-electron chi connectivity index (χ0n) is 18.4. The fraction of sp³-hybridized carbons (Fsp3) is 0.440. The second-order valence-electron chi connectivity index (χ2n) is 8.27. The van der Waals surface area contributed by atoms with Crippen LogP contribution < -0.4 is 4.74 Å². The molecule has 0 bridgehead atoms. The maximum Gasteiger partial charge on any atom is 0.263 e. The van der Waals surface area contributed by atoms with Gasteiger partial charge in [0.15, 0.2) is 6.10 Å². The van der Waals surface area contributed by atoms with E-state index in [-0.39, 0.29) is 11.8 Å². The van der Waals surface area contributed by atoms with Crippen molar-refractivity contribution in [3.8, 4) is 5.75 Å². The van der Waals surface area contributed by atoms with E-state index < -0.39 is 6.10 Å². The van der Waals surface area contributed by atoms with Gasteiger partial charge < -0.3 is 14.5 Å². The molecule has 5 heteroatoms. The van der Waals surface area contributed by atoms with E-state index in [1.807, 2.05) is 65.3 Å². The Labute approximate surface area is 179 Å². The van der Waals surface area contributed by atoms with E-state index in [9.17, 15) is 9.59 Å². The van der Waals surface area contributed by atoms with Crippen molar-refractivity contribution >= 4 is 11.8 Å². The number of hydrogen-bond donors (Lipinski definition) is 0. The third-order valence-electron chi connectivity index (χ3n) is 5.68. The minimum absolute atomic E-state index is 0.0341. The molecule has 5 nitrogen and oxygen atoms in total. The van der Waals surface area contributed by atoms with Crippen LogP contribution in [0.3, 0.4) is 0 Å². The lowest BCUT2D eigenvalue weighted by atomic mass is 10.0. The van der Waals surface area contributed by atoms with Gasteiger partial charge in [-0.2, -0.15) is 0 Å². The molecule has 2 aromatic rings. The zero-order valence-corrected chi connectivity index (χ0v) is 18.4. The molecule has 0 N–H and O–H groups in total. The summed E-state index contributed by atoms with van der Waals surface area (Å²) >= 11 is 0. The minimum Gasteiger partial charge on any atom is -0.481 e. The predicted octanol–water partition coefficient (Wildman–Crippen LogP) is 4.26. The molecular formula is C25H32N2O3. The van der Waals surface area contributed by atoms with Gasteiger partial charge >= 0.3 is 0 Å². The van der Waals surface area contributed by atoms with Crippen LogP contribution in [-0.2, 0) is 4.79 Å². The largest absolute Gasteiger partial charge is 0.481 e. The summed E-state index contributed by atoms with van der Waals surface area (Å²) < 4.78 is 5.89. The number of ether oxygens (including phenoxy) is 1. The standard InChI is InChI=1S/C25H32N2O3/c1-18(2)21-10-12-22(13-11-21)30-20(4)24(28)26-14-7-15-27(17-16-26)25(29)23-9-6-5-8-19(23)3/h5-6,8-13,18,20H,7,14-17H2,1-4H3. The van der Waals surface area contributed by atoms with Gasteiger partial charge in [0.2, 0.25) is 0 Å². The quantitative estimate of drug-likeness (QED) is 0.743. The lowest BCUT2D eigenvalue weighted by Gasteiger charge is -2.25. The maximum atomic E-state index is 12.9.